The highest BCUT2D eigenvalue weighted by molar-refractivity contribution is 6.74. The number of methoxy groups -OCH3 is 1. The summed E-state index contributed by atoms with van der Waals surface area (Å²) in [5.74, 6) is -0.770. The average Bonchev–Trinajstić information content (AvgIpc) is 3.07. The Kier molecular flexibility index (Phi) is 10.7. The Balaban J connectivity index is 2.28. The maximum absolute atomic E-state index is 16.0. The Hall–Kier alpha value is -1.29. The first-order valence-corrected chi connectivity index (χ1v) is 15.8. The molecule has 2 rings (SSSR count). The topological polar surface area (TPSA) is 66.4 Å². The minimum Gasteiger partial charge on any atom is -0.497 e. The van der Waals surface area contributed by atoms with E-state index in [1.807, 2.05) is 38.1 Å². The predicted octanol–water partition coefficient (Wildman–Crippen LogP) is 6.38. The summed E-state index contributed by atoms with van der Waals surface area (Å²) in [6, 6.07) is 7.45. The molecule has 1 aliphatic heterocycles. The molecule has 0 aromatic heterocycles. The Labute approximate surface area is 218 Å². The SMILES string of the molecule is COc1ccc(CO[C@H](/C(F)=C\[C@@H](C)[C@H](C)O[Si](C)(C)C(C)(C)C)[C@H]2OC(C)(C)O[C@H]2CCO)cc1. The highest BCUT2D eigenvalue weighted by atomic mass is 28.4. The first-order chi connectivity index (χ1) is 16.6. The van der Waals surface area contributed by atoms with Crippen molar-refractivity contribution in [3.05, 3.63) is 41.7 Å². The molecule has 8 heteroatoms. The first kappa shape index (κ1) is 30.9. The highest BCUT2D eigenvalue weighted by Gasteiger charge is 2.47. The van der Waals surface area contributed by atoms with Crippen molar-refractivity contribution in [3.63, 3.8) is 0 Å². The third-order valence-corrected chi connectivity index (χ3v) is 11.8. The van der Waals surface area contributed by atoms with E-state index in [2.05, 4.69) is 33.9 Å². The predicted molar refractivity (Wildman–Crippen MR) is 143 cm³/mol. The summed E-state index contributed by atoms with van der Waals surface area (Å²) in [6.45, 7) is 18.6. The number of halogens is 1. The van der Waals surface area contributed by atoms with E-state index in [4.69, 9.17) is 23.4 Å². The molecule has 1 aromatic carbocycles. The second-order valence-electron chi connectivity index (χ2n) is 11.7. The largest absolute Gasteiger partial charge is 0.497 e. The molecule has 0 saturated carbocycles. The average molecular weight is 527 g/mol. The summed E-state index contributed by atoms with van der Waals surface area (Å²) in [7, 11) is -0.398. The molecule has 0 bridgehead atoms. The van der Waals surface area contributed by atoms with Crippen LogP contribution in [0.25, 0.3) is 0 Å². The van der Waals surface area contributed by atoms with Crippen LogP contribution in [0.2, 0.25) is 18.1 Å². The van der Waals surface area contributed by atoms with Crippen molar-refractivity contribution in [2.45, 2.75) is 110 Å². The molecule has 1 N–H and O–H groups in total. The van der Waals surface area contributed by atoms with Gasteiger partial charge in [0.15, 0.2) is 14.1 Å². The highest BCUT2D eigenvalue weighted by Crippen LogP contribution is 2.39. The molecule has 1 heterocycles. The lowest BCUT2D eigenvalue weighted by Gasteiger charge is -2.39. The summed E-state index contributed by atoms with van der Waals surface area (Å²) in [5.41, 5.74) is 0.883. The van der Waals surface area contributed by atoms with Gasteiger partial charge in [0.1, 0.15) is 23.8 Å². The lowest BCUT2D eigenvalue weighted by Crippen LogP contribution is -2.44. The van der Waals surface area contributed by atoms with Crippen molar-refractivity contribution in [2.75, 3.05) is 13.7 Å². The molecule has 1 aromatic rings. The van der Waals surface area contributed by atoms with E-state index in [0.717, 1.165) is 11.3 Å². The number of ether oxygens (including phenoxy) is 4. The van der Waals surface area contributed by atoms with Crippen LogP contribution in [-0.4, -0.2) is 57.3 Å². The molecule has 0 aliphatic carbocycles. The first-order valence-electron chi connectivity index (χ1n) is 12.9. The fourth-order valence-corrected chi connectivity index (χ4v) is 5.44. The van der Waals surface area contributed by atoms with Crippen LogP contribution in [-0.2, 0) is 25.2 Å². The number of aliphatic hydroxyl groups is 1. The fourth-order valence-electron chi connectivity index (χ4n) is 3.94. The Morgan fingerprint density at radius 2 is 1.78 bits per heavy atom. The van der Waals surface area contributed by atoms with E-state index >= 15 is 4.39 Å². The molecule has 0 spiro atoms. The fraction of sp³-hybridized carbons (Fsp3) is 0.714. The van der Waals surface area contributed by atoms with Crippen LogP contribution in [0.15, 0.2) is 36.2 Å². The maximum Gasteiger partial charge on any atom is 0.192 e. The van der Waals surface area contributed by atoms with E-state index in [1.54, 1.807) is 27.0 Å². The summed E-state index contributed by atoms with van der Waals surface area (Å²) in [5, 5.41) is 9.64. The zero-order valence-corrected chi connectivity index (χ0v) is 24.8. The van der Waals surface area contributed by atoms with Gasteiger partial charge in [0, 0.05) is 18.6 Å². The van der Waals surface area contributed by atoms with E-state index in [9.17, 15) is 5.11 Å². The van der Waals surface area contributed by atoms with E-state index in [1.165, 1.54) is 0 Å². The second kappa shape index (κ2) is 12.5. The van der Waals surface area contributed by atoms with Crippen molar-refractivity contribution >= 4 is 8.32 Å². The van der Waals surface area contributed by atoms with Crippen molar-refractivity contribution in [2.24, 2.45) is 5.92 Å². The van der Waals surface area contributed by atoms with E-state index in [0.29, 0.717) is 6.42 Å². The molecule has 36 heavy (non-hydrogen) atoms. The van der Waals surface area contributed by atoms with Crippen molar-refractivity contribution in [3.8, 4) is 5.75 Å². The van der Waals surface area contributed by atoms with Gasteiger partial charge in [-0.05, 0) is 69.1 Å². The lowest BCUT2D eigenvalue weighted by molar-refractivity contribution is -0.158. The Morgan fingerprint density at radius 3 is 2.31 bits per heavy atom. The molecular weight excluding hydrogens is 479 g/mol. The molecule has 6 nitrogen and oxygen atoms in total. The minimum atomic E-state index is -2.01. The molecule has 0 unspecified atom stereocenters. The van der Waals surface area contributed by atoms with Crippen LogP contribution in [0.5, 0.6) is 5.75 Å². The van der Waals surface area contributed by atoms with Crippen LogP contribution >= 0.6 is 0 Å². The number of aliphatic hydroxyl groups excluding tert-OH is 1. The monoisotopic (exact) mass is 526 g/mol. The summed E-state index contributed by atoms with van der Waals surface area (Å²) in [4.78, 5) is 0. The third kappa shape index (κ3) is 8.36. The van der Waals surface area contributed by atoms with E-state index in [-0.39, 0.29) is 30.3 Å². The molecule has 1 saturated heterocycles. The van der Waals surface area contributed by atoms with Gasteiger partial charge >= 0.3 is 0 Å². The number of hydrogen-bond donors (Lipinski definition) is 1. The zero-order valence-electron chi connectivity index (χ0n) is 23.8. The molecule has 0 amide bonds. The second-order valence-corrected chi connectivity index (χ2v) is 16.5. The van der Waals surface area contributed by atoms with Gasteiger partial charge in [-0.1, -0.05) is 39.8 Å². The van der Waals surface area contributed by atoms with Gasteiger partial charge in [0.05, 0.1) is 19.8 Å². The lowest BCUT2D eigenvalue weighted by atomic mass is 10.00. The van der Waals surface area contributed by atoms with Crippen LogP contribution in [0.3, 0.4) is 0 Å². The summed E-state index contributed by atoms with van der Waals surface area (Å²) in [6.07, 6.45) is -0.449. The van der Waals surface area contributed by atoms with Gasteiger partial charge in [-0.3, -0.25) is 0 Å². The van der Waals surface area contributed by atoms with Gasteiger partial charge in [-0.2, -0.15) is 0 Å². The van der Waals surface area contributed by atoms with Crippen molar-refractivity contribution < 1.29 is 32.9 Å². The van der Waals surface area contributed by atoms with Crippen LogP contribution in [0.1, 0.15) is 60.5 Å². The van der Waals surface area contributed by atoms with Gasteiger partial charge in [0.2, 0.25) is 0 Å². The minimum absolute atomic E-state index is 0.0609. The van der Waals surface area contributed by atoms with Crippen molar-refractivity contribution in [1.29, 1.82) is 0 Å². The third-order valence-electron chi connectivity index (χ3n) is 7.24. The standard InChI is InChI=1S/C28H47FO6Si/c1-19(20(2)35-36(9,10)27(3,4)5)17-23(29)25(26-24(15-16-30)33-28(6,7)34-26)32-18-21-11-13-22(31-8)14-12-21/h11-14,17,19-20,24-26,30H,15-16,18H2,1-10H3/b23-17+/t19-,20+,24+,25-,26+/m1/s1. The Morgan fingerprint density at radius 1 is 1.17 bits per heavy atom. The van der Waals surface area contributed by atoms with Crippen LogP contribution in [0, 0.1) is 5.92 Å². The van der Waals surface area contributed by atoms with Crippen LogP contribution < -0.4 is 4.74 Å². The number of rotatable bonds is 12. The smallest absolute Gasteiger partial charge is 0.192 e. The zero-order chi connectivity index (χ0) is 27.3. The maximum atomic E-state index is 16.0. The van der Waals surface area contributed by atoms with Gasteiger partial charge in [-0.15, -0.1) is 0 Å². The molecule has 206 valence electrons. The summed E-state index contributed by atoms with van der Waals surface area (Å²) >= 11 is 0. The molecule has 5 atom stereocenters. The Bertz CT molecular complexity index is 849. The number of benzene rings is 1. The molecule has 1 aliphatic rings. The number of hydrogen-bond acceptors (Lipinski definition) is 6. The van der Waals surface area contributed by atoms with Gasteiger partial charge < -0.3 is 28.5 Å². The van der Waals surface area contributed by atoms with E-state index < -0.39 is 38.2 Å². The molecular formula is C28H47FO6Si. The molecule has 1 fully saturated rings. The summed E-state index contributed by atoms with van der Waals surface area (Å²) < 4.78 is 45.9. The quantitative estimate of drug-likeness (QED) is 0.319. The van der Waals surface area contributed by atoms with Gasteiger partial charge in [0.25, 0.3) is 0 Å². The normalized spacial score (nSPS) is 23.4. The van der Waals surface area contributed by atoms with Gasteiger partial charge in [-0.25, -0.2) is 4.39 Å². The van der Waals surface area contributed by atoms with Crippen molar-refractivity contribution in [1.82, 2.24) is 0 Å². The molecule has 0 radical (unpaired) electrons. The van der Waals surface area contributed by atoms with Crippen LogP contribution in [0.4, 0.5) is 4.39 Å².